The standard InChI is InChI=1S/C15H19N3O/c1-18-14-5-3-2-4-11(14)13(8-15(18)19)17-9-12(16)10-6-7-10/h2-5,8,10,12,17H,6-7,9,16H2,1H3. The molecule has 4 heteroatoms. The van der Waals surface area contributed by atoms with E-state index in [2.05, 4.69) is 5.32 Å². The third kappa shape index (κ3) is 2.36. The topological polar surface area (TPSA) is 60.0 Å². The van der Waals surface area contributed by atoms with Crippen LogP contribution in [-0.2, 0) is 7.05 Å². The van der Waals surface area contributed by atoms with Gasteiger partial charge in [-0.15, -0.1) is 0 Å². The molecular formula is C15H19N3O. The highest BCUT2D eigenvalue weighted by Gasteiger charge is 2.28. The van der Waals surface area contributed by atoms with E-state index < -0.39 is 0 Å². The molecule has 0 aliphatic heterocycles. The van der Waals surface area contributed by atoms with Crippen LogP contribution in [0.1, 0.15) is 12.8 Å². The van der Waals surface area contributed by atoms with Crippen molar-refractivity contribution < 1.29 is 0 Å². The van der Waals surface area contributed by atoms with Crippen molar-refractivity contribution in [2.24, 2.45) is 18.7 Å². The molecule has 1 aromatic carbocycles. The Hall–Kier alpha value is -1.81. The van der Waals surface area contributed by atoms with Gasteiger partial charge in [-0.1, -0.05) is 18.2 Å². The van der Waals surface area contributed by atoms with Crippen molar-refractivity contribution in [1.82, 2.24) is 4.57 Å². The summed E-state index contributed by atoms with van der Waals surface area (Å²) in [5.41, 5.74) is 7.92. The molecule has 0 radical (unpaired) electrons. The van der Waals surface area contributed by atoms with Crippen molar-refractivity contribution in [3.8, 4) is 0 Å². The maximum atomic E-state index is 11.9. The summed E-state index contributed by atoms with van der Waals surface area (Å²) in [6, 6.07) is 9.76. The molecule has 1 aliphatic rings. The molecule has 0 bridgehead atoms. The Morgan fingerprint density at radius 3 is 2.89 bits per heavy atom. The molecule has 19 heavy (non-hydrogen) atoms. The molecule has 3 rings (SSSR count). The first-order chi connectivity index (χ1) is 9.16. The highest BCUT2D eigenvalue weighted by Crippen LogP contribution is 2.31. The normalized spacial score (nSPS) is 16.5. The van der Waals surface area contributed by atoms with Gasteiger partial charge in [0.1, 0.15) is 0 Å². The molecule has 4 nitrogen and oxygen atoms in total. The zero-order chi connectivity index (χ0) is 13.4. The number of aromatic nitrogens is 1. The molecule has 1 aromatic heterocycles. The van der Waals surface area contributed by atoms with Gasteiger partial charge in [0.2, 0.25) is 0 Å². The van der Waals surface area contributed by atoms with Gasteiger partial charge in [0.05, 0.1) is 5.52 Å². The molecular weight excluding hydrogens is 238 g/mol. The Kier molecular flexibility index (Phi) is 3.03. The van der Waals surface area contributed by atoms with Crippen LogP contribution in [0.5, 0.6) is 0 Å². The van der Waals surface area contributed by atoms with Crippen molar-refractivity contribution in [2.75, 3.05) is 11.9 Å². The van der Waals surface area contributed by atoms with Gasteiger partial charge in [0.15, 0.2) is 0 Å². The lowest BCUT2D eigenvalue weighted by molar-refractivity contribution is 0.621. The number of hydrogen-bond donors (Lipinski definition) is 2. The number of aryl methyl sites for hydroxylation is 1. The van der Waals surface area contributed by atoms with Gasteiger partial charge in [0.25, 0.3) is 5.56 Å². The van der Waals surface area contributed by atoms with E-state index in [1.54, 1.807) is 17.7 Å². The summed E-state index contributed by atoms with van der Waals surface area (Å²) in [6.07, 6.45) is 2.47. The molecule has 1 aliphatic carbocycles. The third-order valence-corrected chi connectivity index (χ3v) is 3.91. The van der Waals surface area contributed by atoms with E-state index in [-0.39, 0.29) is 11.6 Å². The molecule has 1 atom stereocenters. The highest BCUT2D eigenvalue weighted by molar-refractivity contribution is 5.91. The summed E-state index contributed by atoms with van der Waals surface area (Å²) in [6.45, 7) is 0.724. The Morgan fingerprint density at radius 1 is 1.42 bits per heavy atom. The quantitative estimate of drug-likeness (QED) is 0.876. The second-order valence-electron chi connectivity index (χ2n) is 5.35. The Labute approximate surface area is 112 Å². The van der Waals surface area contributed by atoms with Crippen LogP contribution in [0.3, 0.4) is 0 Å². The van der Waals surface area contributed by atoms with Crippen molar-refractivity contribution >= 4 is 16.6 Å². The smallest absolute Gasteiger partial charge is 0.252 e. The van der Waals surface area contributed by atoms with E-state index in [9.17, 15) is 4.79 Å². The summed E-state index contributed by atoms with van der Waals surface area (Å²) in [5.74, 6) is 0.658. The second-order valence-corrected chi connectivity index (χ2v) is 5.35. The number of hydrogen-bond acceptors (Lipinski definition) is 3. The largest absolute Gasteiger partial charge is 0.383 e. The third-order valence-electron chi connectivity index (χ3n) is 3.91. The minimum Gasteiger partial charge on any atom is -0.383 e. The van der Waals surface area contributed by atoms with Gasteiger partial charge in [-0.2, -0.15) is 0 Å². The van der Waals surface area contributed by atoms with Gasteiger partial charge in [-0.25, -0.2) is 0 Å². The van der Waals surface area contributed by atoms with Crippen LogP contribution >= 0.6 is 0 Å². The van der Waals surface area contributed by atoms with Crippen molar-refractivity contribution in [3.05, 3.63) is 40.7 Å². The molecule has 0 amide bonds. The van der Waals surface area contributed by atoms with Crippen LogP contribution < -0.4 is 16.6 Å². The zero-order valence-corrected chi connectivity index (χ0v) is 11.1. The van der Waals surface area contributed by atoms with Gasteiger partial charge in [0, 0.05) is 36.8 Å². The lowest BCUT2D eigenvalue weighted by Gasteiger charge is -2.15. The molecule has 3 N–H and O–H groups in total. The fourth-order valence-corrected chi connectivity index (χ4v) is 2.48. The Balaban J connectivity index is 1.93. The number of rotatable bonds is 4. The van der Waals surface area contributed by atoms with Gasteiger partial charge in [-0.05, 0) is 24.8 Å². The van der Waals surface area contributed by atoms with Crippen LogP contribution in [0, 0.1) is 5.92 Å². The molecule has 1 heterocycles. The number of pyridine rings is 1. The van der Waals surface area contributed by atoms with E-state index in [0.29, 0.717) is 5.92 Å². The molecule has 0 saturated heterocycles. The molecule has 1 saturated carbocycles. The summed E-state index contributed by atoms with van der Waals surface area (Å²) in [4.78, 5) is 11.9. The summed E-state index contributed by atoms with van der Waals surface area (Å²) in [5, 5.41) is 4.40. The minimum absolute atomic E-state index is 0.00110. The first-order valence-electron chi connectivity index (χ1n) is 6.75. The summed E-state index contributed by atoms with van der Waals surface area (Å²) >= 11 is 0. The van der Waals surface area contributed by atoms with Crippen LogP contribution in [0.15, 0.2) is 35.1 Å². The van der Waals surface area contributed by atoms with E-state index in [4.69, 9.17) is 5.73 Å². The molecule has 0 spiro atoms. The SMILES string of the molecule is Cn1c(=O)cc(NCC(N)C2CC2)c2ccccc21. The number of anilines is 1. The lowest BCUT2D eigenvalue weighted by atomic mass is 10.1. The number of fused-ring (bicyclic) bond motifs is 1. The van der Waals surface area contributed by atoms with E-state index in [0.717, 1.165) is 23.1 Å². The predicted molar refractivity (Wildman–Crippen MR) is 78.4 cm³/mol. The number of nitrogens with two attached hydrogens (primary N) is 1. The monoisotopic (exact) mass is 257 g/mol. The first-order valence-corrected chi connectivity index (χ1v) is 6.75. The van der Waals surface area contributed by atoms with Crippen molar-refractivity contribution in [2.45, 2.75) is 18.9 Å². The van der Waals surface area contributed by atoms with E-state index in [1.165, 1.54) is 12.8 Å². The van der Waals surface area contributed by atoms with Crippen LogP contribution in [-0.4, -0.2) is 17.2 Å². The van der Waals surface area contributed by atoms with Gasteiger partial charge in [-0.3, -0.25) is 4.79 Å². The number of benzene rings is 1. The van der Waals surface area contributed by atoms with Gasteiger partial charge < -0.3 is 15.6 Å². The van der Waals surface area contributed by atoms with Crippen LogP contribution in [0.4, 0.5) is 5.69 Å². The predicted octanol–water partition coefficient (Wildman–Crippen LogP) is 1.69. The zero-order valence-electron chi connectivity index (χ0n) is 11.1. The minimum atomic E-state index is 0.00110. The van der Waals surface area contributed by atoms with E-state index >= 15 is 0 Å². The average Bonchev–Trinajstić information content (AvgIpc) is 3.25. The van der Waals surface area contributed by atoms with Crippen LogP contribution in [0.2, 0.25) is 0 Å². The molecule has 1 fully saturated rings. The average molecular weight is 257 g/mol. The lowest BCUT2D eigenvalue weighted by Crippen LogP contribution is -2.31. The molecule has 100 valence electrons. The van der Waals surface area contributed by atoms with Gasteiger partial charge >= 0.3 is 0 Å². The fourth-order valence-electron chi connectivity index (χ4n) is 2.48. The van der Waals surface area contributed by atoms with Crippen LogP contribution in [0.25, 0.3) is 10.9 Å². The molecule has 1 unspecified atom stereocenters. The fraction of sp³-hybridized carbons (Fsp3) is 0.400. The van der Waals surface area contributed by atoms with Crippen molar-refractivity contribution in [1.29, 1.82) is 0 Å². The maximum Gasteiger partial charge on any atom is 0.252 e. The summed E-state index contributed by atoms with van der Waals surface area (Å²) in [7, 11) is 1.80. The second kappa shape index (κ2) is 4.70. The molecule has 2 aromatic rings. The summed E-state index contributed by atoms with van der Waals surface area (Å²) < 4.78 is 1.67. The van der Waals surface area contributed by atoms with Crippen molar-refractivity contribution in [3.63, 3.8) is 0 Å². The first kappa shape index (κ1) is 12.2. The Bertz CT molecular complexity index is 658. The maximum absolute atomic E-state index is 11.9. The Morgan fingerprint density at radius 2 is 2.16 bits per heavy atom. The number of nitrogens with zero attached hydrogens (tertiary/aromatic N) is 1. The number of para-hydroxylation sites is 1. The highest BCUT2D eigenvalue weighted by atomic mass is 16.1. The van der Waals surface area contributed by atoms with E-state index in [1.807, 2.05) is 24.3 Å². The number of nitrogens with one attached hydrogen (secondary N) is 1.